The zero-order chi connectivity index (χ0) is 18.7. The number of carbonyl (C=O) groups is 1. The van der Waals surface area contributed by atoms with Gasteiger partial charge in [0.2, 0.25) is 0 Å². The van der Waals surface area contributed by atoms with E-state index in [1.807, 2.05) is 25.1 Å². The molecule has 1 unspecified atom stereocenters. The molecule has 1 aliphatic heterocycles. The molecule has 1 fully saturated rings. The van der Waals surface area contributed by atoms with Crippen LogP contribution in [0.1, 0.15) is 48.3 Å². The van der Waals surface area contributed by atoms with Crippen molar-refractivity contribution in [1.82, 2.24) is 10.3 Å². The highest BCUT2D eigenvalue weighted by molar-refractivity contribution is 5.95. The predicted molar refractivity (Wildman–Crippen MR) is 100 cm³/mol. The Kier molecular flexibility index (Phi) is 5.28. The number of aromatic hydroxyl groups is 1. The molecule has 5 nitrogen and oxygen atoms in total. The number of ether oxygens (including phenoxy) is 1. The van der Waals surface area contributed by atoms with Crippen LogP contribution < -0.4 is 5.32 Å². The summed E-state index contributed by atoms with van der Waals surface area (Å²) in [4.78, 5) is 16.6. The predicted octanol–water partition coefficient (Wildman–Crippen LogP) is 3.39. The van der Waals surface area contributed by atoms with Crippen molar-refractivity contribution in [2.75, 3.05) is 0 Å². The lowest BCUT2D eigenvalue weighted by atomic mass is 9.84. The SMILES string of the molecule is Cc1ccnc(C(=O)NC2C[C@H](C)O[C@](C)(Cc3ccccc3)C2)c1O. The van der Waals surface area contributed by atoms with E-state index in [0.29, 0.717) is 12.0 Å². The first-order valence-corrected chi connectivity index (χ1v) is 9.03. The summed E-state index contributed by atoms with van der Waals surface area (Å²) in [6.07, 6.45) is 3.82. The molecule has 0 aliphatic carbocycles. The van der Waals surface area contributed by atoms with E-state index in [4.69, 9.17) is 4.74 Å². The van der Waals surface area contributed by atoms with E-state index >= 15 is 0 Å². The Morgan fingerprint density at radius 1 is 1.35 bits per heavy atom. The average molecular weight is 354 g/mol. The number of rotatable bonds is 4. The van der Waals surface area contributed by atoms with Crippen LogP contribution in [-0.2, 0) is 11.2 Å². The quantitative estimate of drug-likeness (QED) is 0.883. The highest BCUT2D eigenvalue weighted by atomic mass is 16.5. The highest BCUT2D eigenvalue weighted by Gasteiger charge is 2.37. The maximum atomic E-state index is 12.6. The van der Waals surface area contributed by atoms with Crippen molar-refractivity contribution in [3.8, 4) is 5.75 Å². The first-order valence-electron chi connectivity index (χ1n) is 9.03. The molecule has 1 aliphatic rings. The normalized spacial score (nSPS) is 25.7. The van der Waals surface area contributed by atoms with E-state index in [1.165, 1.54) is 11.8 Å². The second-order valence-electron chi connectivity index (χ2n) is 7.48. The van der Waals surface area contributed by atoms with Gasteiger partial charge in [0.1, 0.15) is 5.75 Å². The number of aryl methyl sites for hydroxylation is 1. The van der Waals surface area contributed by atoms with Gasteiger partial charge in [-0.2, -0.15) is 0 Å². The largest absolute Gasteiger partial charge is 0.505 e. The Labute approximate surface area is 154 Å². The number of hydrogen-bond acceptors (Lipinski definition) is 4. The van der Waals surface area contributed by atoms with E-state index in [9.17, 15) is 9.90 Å². The van der Waals surface area contributed by atoms with E-state index in [2.05, 4.69) is 29.4 Å². The summed E-state index contributed by atoms with van der Waals surface area (Å²) < 4.78 is 6.22. The molecule has 0 bridgehead atoms. The van der Waals surface area contributed by atoms with Crippen molar-refractivity contribution in [1.29, 1.82) is 0 Å². The van der Waals surface area contributed by atoms with Crippen molar-refractivity contribution in [2.45, 2.75) is 57.8 Å². The van der Waals surface area contributed by atoms with Gasteiger partial charge in [-0.05, 0) is 50.8 Å². The fraction of sp³-hybridized carbons (Fsp3) is 0.429. The van der Waals surface area contributed by atoms with E-state index in [-0.39, 0.29) is 35.1 Å². The van der Waals surface area contributed by atoms with Crippen LogP contribution in [0.15, 0.2) is 42.6 Å². The third-order valence-electron chi connectivity index (χ3n) is 4.88. The molecule has 3 atom stereocenters. The molecule has 1 saturated heterocycles. The van der Waals surface area contributed by atoms with E-state index in [1.54, 1.807) is 13.0 Å². The van der Waals surface area contributed by atoms with Gasteiger partial charge in [0, 0.05) is 18.7 Å². The van der Waals surface area contributed by atoms with Gasteiger partial charge in [-0.3, -0.25) is 4.79 Å². The number of hydrogen-bond donors (Lipinski definition) is 2. The minimum Gasteiger partial charge on any atom is -0.505 e. The topological polar surface area (TPSA) is 71.5 Å². The molecule has 26 heavy (non-hydrogen) atoms. The van der Waals surface area contributed by atoms with Crippen molar-refractivity contribution in [2.24, 2.45) is 0 Å². The zero-order valence-electron chi connectivity index (χ0n) is 15.5. The summed E-state index contributed by atoms with van der Waals surface area (Å²) in [6.45, 7) is 5.88. The van der Waals surface area contributed by atoms with Crippen LogP contribution in [0.4, 0.5) is 0 Å². The minimum absolute atomic E-state index is 0.0262. The molecule has 0 spiro atoms. The molecular weight excluding hydrogens is 328 g/mol. The van der Waals surface area contributed by atoms with Crippen molar-refractivity contribution < 1.29 is 14.6 Å². The van der Waals surface area contributed by atoms with E-state index in [0.717, 1.165) is 12.8 Å². The van der Waals surface area contributed by atoms with Gasteiger partial charge in [-0.15, -0.1) is 0 Å². The number of nitrogens with zero attached hydrogens (tertiary/aromatic N) is 1. The number of amides is 1. The van der Waals surface area contributed by atoms with Crippen molar-refractivity contribution in [3.63, 3.8) is 0 Å². The lowest BCUT2D eigenvalue weighted by Gasteiger charge is -2.42. The Morgan fingerprint density at radius 2 is 2.08 bits per heavy atom. The minimum atomic E-state index is -0.348. The smallest absolute Gasteiger partial charge is 0.273 e. The van der Waals surface area contributed by atoms with Gasteiger partial charge in [-0.25, -0.2) is 4.98 Å². The molecule has 138 valence electrons. The molecule has 2 N–H and O–H groups in total. The lowest BCUT2D eigenvalue weighted by molar-refractivity contribution is -0.118. The molecule has 2 aromatic rings. The second kappa shape index (κ2) is 7.46. The maximum absolute atomic E-state index is 12.6. The van der Waals surface area contributed by atoms with Gasteiger partial charge in [-0.1, -0.05) is 30.3 Å². The molecule has 1 aromatic heterocycles. The fourth-order valence-corrected chi connectivity index (χ4v) is 3.81. The summed E-state index contributed by atoms with van der Waals surface area (Å²) in [6, 6.07) is 11.9. The molecule has 0 radical (unpaired) electrons. The van der Waals surface area contributed by atoms with Crippen molar-refractivity contribution >= 4 is 5.91 Å². The van der Waals surface area contributed by atoms with E-state index < -0.39 is 0 Å². The van der Waals surface area contributed by atoms with Crippen LogP contribution in [0.5, 0.6) is 5.75 Å². The first-order chi connectivity index (χ1) is 12.4. The van der Waals surface area contributed by atoms with Gasteiger partial charge in [0.25, 0.3) is 5.91 Å². The van der Waals surface area contributed by atoms with Crippen LogP contribution in [0.3, 0.4) is 0 Å². The third-order valence-corrected chi connectivity index (χ3v) is 4.88. The molecule has 0 saturated carbocycles. The van der Waals surface area contributed by atoms with Crippen LogP contribution in [0.2, 0.25) is 0 Å². The first kappa shape index (κ1) is 18.4. The molecule has 2 heterocycles. The number of nitrogens with one attached hydrogen (secondary N) is 1. The number of benzene rings is 1. The summed E-state index contributed by atoms with van der Waals surface area (Å²) in [7, 11) is 0. The zero-order valence-corrected chi connectivity index (χ0v) is 15.5. The summed E-state index contributed by atoms with van der Waals surface area (Å²) in [5.41, 5.74) is 1.58. The van der Waals surface area contributed by atoms with Gasteiger partial charge in [0.15, 0.2) is 5.69 Å². The van der Waals surface area contributed by atoms with Crippen molar-refractivity contribution in [3.05, 3.63) is 59.4 Å². The number of pyridine rings is 1. The standard InChI is InChI=1S/C21H26N2O3/c1-14-9-10-22-18(19(14)24)20(25)23-17-11-15(2)26-21(3,13-17)12-16-7-5-4-6-8-16/h4-10,15,17,24H,11-13H2,1-3H3,(H,23,25)/t15-,17?,21+/m0/s1. The molecule has 1 amide bonds. The average Bonchev–Trinajstić information content (AvgIpc) is 2.56. The third kappa shape index (κ3) is 4.22. The fourth-order valence-electron chi connectivity index (χ4n) is 3.81. The Bertz CT molecular complexity index is 778. The summed E-state index contributed by atoms with van der Waals surface area (Å²) >= 11 is 0. The van der Waals surface area contributed by atoms with Crippen LogP contribution in [-0.4, -0.2) is 33.7 Å². The maximum Gasteiger partial charge on any atom is 0.273 e. The number of aromatic nitrogens is 1. The van der Waals surface area contributed by atoms with Gasteiger partial charge >= 0.3 is 0 Å². The number of carbonyl (C=O) groups excluding carboxylic acids is 1. The summed E-state index contributed by atoms with van der Waals surface area (Å²) in [5.74, 6) is -0.399. The lowest BCUT2D eigenvalue weighted by Crippen LogP contribution is -2.50. The van der Waals surface area contributed by atoms with Crippen LogP contribution in [0.25, 0.3) is 0 Å². The van der Waals surface area contributed by atoms with Crippen LogP contribution in [0, 0.1) is 6.92 Å². The Hall–Kier alpha value is -2.40. The highest BCUT2D eigenvalue weighted by Crippen LogP contribution is 2.32. The monoisotopic (exact) mass is 354 g/mol. The van der Waals surface area contributed by atoms with Gasteiger partial charge in [0.05, 0.1) is 11.7 Å². The summed E-state index contributed by atoms with van der Waals surface area (Å²) in [5, 5.41) is 13.1. The van der Waals surface area contributed by atoms with Gasteiger partial charge < -0.3 is 15.2 Å². The second-order valence-corrected chi connectivity index (χ2v) is 7.48. The molecule has 5 heteroatoms. The molecular formula is C21H26N2O3. The Morgan fingerprint density at radius 3 is 2.81 bits per heavy atom. The van der Waals surface area contributed by atoms with Crippen LogP contribution >= 0.6 is 0 Å². The molecule has 1 aromatic carbocycles. The molecule has 3 rings (SSSR count). The Balaban J connectivity index is 1.72.